The van der Waals surface area contributed by atoms with Crippen LogP contribution in [0.2, 0.25) is 0 Å². The van der Waals surface area contributed by atoms with Gasteiger partial charge in [-0.15, -0.1) is 11.8 Å². The minimum absolute atomic E-state index is 0.242. The first kappa shape index (κ1) is 12.2. The first-order valence-corrected chi connectivity index (χ1v) is 6.18. The van der Waals surface area contributed by atoms with E-state index in [1.165, 1.54) is 18.0 Å². The number of aliphatic hydroxyl groups is 2. The Morgan fingerprint density at radius 2 is 2.35 bits per heavy atom. The Balaban J connectivity index is 1.87. The fourth-order valence-electron chi connectivity index (χ4n) is 1.15. The van der Waals surface area contributed by atoms with Crippen molar-refractivity contribution in [2.75, 3.05) is 12.4 Å². The summed E-state index contributed by atoms with van der Waals surface area (Å²) in [6, 6.07) is 3.50. The molecule has 0 spiro atoms. The van der Waals surface area contributed by atoms with Crippen LogP contribution in [0.4, 0.5) is 0 Å². The molecule has 0 saturated heterocycles. The molecule has 0 bridgehead atoms. The zero-order valence-corrected chi connectivity index (χ0v) is 9.76. The standard InChI is InChI=1S/C10H12N2O4S/c13-4-7(14)5-17-6-9-11-10(12-16-9)8-2-1-3-15-8/h1-3,7,13-14H,4-6H2. The highest BCUT2D eigenvalue weighted by Gasteiger charge is 2.11. The van der Waals surface area contributed by atoms with Crippen molar-refractivity contribution >= 4 is 11.8 Å². The zero-order valence-electron chi connectivity index (χ0n) is 8.94. The summed E-state index contributed by atoms with van der Waals surface area (Å²) in [7, 11) is 0. The van der Waals surface area contributed by atoms with E-state index >= 15 is 0 Å². The van der Waals surface area contributed by atoms with Crippen molar-refractivity contribution in [1.82, 2.24) is 10.1 Å². The minimum Gasteiger partial charge on any atom is -0.461 e. The van der Waals surface area contributed by atoms with E-state index in [-0.39, 0.29) is 6.61 Å². The van der Waals surface area contributed by atoms with Crippen LogP contribution in [0.1, 0.15) is 5.89 Å². The number of hydrogen-bond acceptors (Lipinski definition) is 7. The number of aliphatic hydroxyl groups excluding tert-OH is 2. The maximum atomic E-state index is 9.14. The molecule has 2 aromatic heterocycles. The van der Waals surface area contributed by atoms with Crippen LogP contribution in [0.5, 0.6) is 0 Å². The molecule has 0 amide bonds. The van der Waals surface area contributed by atoms with E-state index in [2.05, 4.69) is 10.1 Å². The predicted octanol–water partition coefficient (Wildman–Crippen LogP) is 0.916. The lowest BCUT2D eigenvalue weighted by atomic mass is 10.4. The highest BCUT2D eigenvalue weighted by atomic mass is 32.2. The van der Waals surface area contributed by atoms with Gasteiger partial charge in [0.05, 0.1) is 24.7 Å². The van der Waals surface area contributed by atoms with Crippen LogP contribution >= 0.6 is 11.8 Å². The van der Waals surface area contributed by atoms with Crippen LogP contribution in [0.15, 0.2) is 27.3 Å². The van der Waals surface area contributed by atoms with Crippen molar-refractivity contribution in [3.05, 3.63) is 24.3 Å². The largest absolute Gasteiger partial charge is 0.461 e. The quantitative estimate of drug-likeness (QED) is 0.793. The Bertz CT molecular complexity index is 443. The zero-order chi connectivity index (χ0) is 12.1. The van der Waals surface area contributed by atoms with Crippen molar-refractivity contribution in [2.45, 2.75) is 11.9 Å². The van der Waals surface area contributed by atoms with Gasteiger partial charge >= 0.3 is 0 Å². The lowest BCUT2D eigenvalue weighted by molar-refractivity contribution is 0.113. The topological polar surface area (TPSA) is 92.5 Å². The van der Waals surface area contributed by atoms with E-state index in [1.807, 2.05) is 0 Å². The summed E-state index contributed by atoms with van der Waals surface area (Å²) in [6.45, 7) is -0.242. The smallest absolute Gasteiger partial charge is 0.238 e. The van der Waals surface area contributed by atoms with Crippen molar-refractivity contribution in [3.8, 4) is 11.6 Å². The van der Waals surface area contributed by atoms with Crippen molar-refractivity contribution in [3.63, 3.8) is 0 Å². The maximum Gasteiger partial charge on any atom is 0.238 e. The molecule has 0 saturated carbocycles. The second-order valence-electron chi connectivity index (χ2n) is 3.34. The molecule has 1 unspecified atom stereocenters. The van der Waals surface area contributed by atoms with Crippen LogP contribution in [-0.2, 0) is 5.75 Å². The summed E-state index contributed by atoms with van der Waals surface area (Å²) in [6.07, 6.45) is 0.824. The molecule has 0 aliphatic rings. The highest BCUT2D eigenvalue weighted by Crippen LogP contribution is 2.18. The summed E-state index contributed by atoms with van der Waals surface area (Å²) in [5, 5.41) is 21.5. The molecule has 0 aliphatic carbocycles. The lowest BCUT2D eigenvalue weighted by Gasteiger charge is -2.03. The van der Waals surface area contributed by atoms with Gasteiger partial charge in [0.15, 0.2) is 5.76 Å². The number of hydrogen-bond donors (Lipinski definition) is 2. The molecule has 92 valence electrons. The number of furan rings is 1. The molecule has 0 aliphatic heterocycles. The molecule has 2 N–H and O–H groups in total. The van der Waals surface area contributed by atoms with Gasteiger partial charge in [-0.3, -0.25) is 0 Å². The second kappa shape index (κ2) is 5.85. The molecule has 1 atom stereocenters. The summed E-state index contributed by atoms with van der Waals surface area (Å²) in [5.74, 6) is 2.35. The molecule has 2 aromatic rings. The van der Waals surface area contributed by atoms with Gasteiger partial charge in [-0.2, -0.15) is 4.98 Å². The molecular formula is C10H12N2O4S. The van der Waals surface area contributed by atoms with Crippen LogP contribution in [0.3, 0.4) is 0 Å². The molecule has 7 heteroatoms. The van der Waals surface area contributed by atoms with Gasteiger partial charge in [0.1, 0.15) is 0 Å². The Kier molecular flexibility index (Phi) is 4.18. The van der Waals surface area contributed by atoms with Gasteiger partial charge in [-0.05, 0) is 12.1 Å². The average Bonchev–Trinajstić information content (AvgIpc) is 2.98. The highest BCUT2D eigenvalue weighted by molar-refractivity contribution is 7.98. The van der Waals surface area contributed by atoms with E-state index in [9.17, 15) is 0 Å². The summed E-state index contributed by atoms with van der Waals surface area (Å²) >= 11 is 1.41. The molecule has 2 rings (SSSR count). The Labute approximate surface area is 102 Å². The molecule has 6 nitrogen and oxygen atoms in total. The fourth-order valence-corrected chi connectivity index (χ4v) is 1.94. The lowest BCUT2D eigenvalue weighted by Crippen LogP contribution is -2.14. The van der Waals surface area contributed by atoms with Gasteiger partial charge in [-0.1, -0.05) is 5.16 Å². The molecule has 17 heavy (non-hydrogen) atoms. The normalized spacial score (nSPS) is 12.8. The first-order chi connectivity index (χ1) is 8.29. The number of nitrogens with zero attached hydrogens (tertiary/aromatic N) is 2. The molecule has 0 fully saturated rings. The van der Waals surface area contributed by atoms with Gasteiger partial charge in [0.2, 0.25) is 11.7 Å². The van der Waals surface area contributed by atoms with Gasteiger partial charge < -0.3 is 19.2 Å². The molecule has 0 aromatic carbocycles. The maximum absolute atomic E-state index is 9.14. The third kappa shape index (κ3) is 3.32. The van der Waals surface area contributed by atoms with E-state index in [1.54, 1.807) is 12.1 Å². The van der Waals surface area contributed by atoms with Crippen LogP contribution in [0, 0.1) is 0 Å². The van der Waals surface area contributed by atoms with Gasteiger partial charge in [0, 0.05) is 5.75 Å². The average molecular weight is 256 g/mol. The van der Waals surface area contributed by atoms with Crippen molar-refractivity contribution < 1.29 is 19.2 Å². The summed E-state index contributed by atoms with van der Waals surface area (Å²) in [5.41, 5.74) is 0. The molecule has 0 radical (unpaired) electrons. The second-order valence-corrected chi connectivity index (χ2v) is 4.37. The minimum atomic E-state index is -0.715. The summed E-state index contributed by atoms with van der Waals surface area (Å²) < 4.78 is 10.1. The van der Waals surface area contributed by atoms with Crippen molar-refractivity contribution in [1.29, 1.82) is 0 Å². The summed E-state index contributed by atoms with van der Waals surface area (Å²) in [4.78, 5) is 4.14. The van der Waals surface area contributed by atoms with Crippen LogP contribution in [0.25, 0.3) is 11.6 Å². The van der Waals surface area contributed by atoms with Crippen LogP contribution < -0.4 is 0 Å². The van der Waals surface area contributed by atoms with E-state index in [4.69, 9.17) is 19.2 Å². The monoisotopic (exact) mass is 256 g/mol. The molecular weight excluding hydrogens is 244 g/mol. The number of rotatable bonds is 6. The SMILES string of the molecule is OCC(O)CSCc1nc(-c2ccco2)no1. The van der Waals surface area contributed by atoms with Crippen molar-refractivity contribution in [2.24, 2.45) is 0 Å². The predicted molar refractivity (Wildman–Crippen MR) is 61.3 cm³/mol. The van der Waals surface area contributed by atoms with E-state index in [0.29, 0.717) is 29.0 Å². The Morgan fingerprint density at radius 1 is 1.47 bits per heavy atom. The third-order valence-electron chi connectivity index (χ3n) is 1.96. The number of aromatic nitrogens is 2. The van der Waals surface area contributed by atoms with Crippen LogP contribution in [-0.4, -0.2) is 38.8 Å². The van der Waals surface area contributed by atoms with Gasteiger partial charge in [-0.25, -0.2) is 0 Å². The van der Waals surface area contributed by atoms with E-state index < -0.39 is 6.10 Å². The Hall–Kier alpha value is -1.31. The first-order valence-electron chi connectivity index (χ1n) is 5.02. The fraction of sp³-hybridized carbons (Fsp3) is 0.400. The number of thioether (sulfide) groups is 1. The third-order valence-corrected chi connectivity index (χ3v) is 3.03. The Morgan fingerprint density at radius 3 is 3.06 bits per heavy atom. The van der Waals surface area contributed by atoms with Gasteiger partial charge in [0.25, 0.3) is 0 Å². The van der Waals surface area contributed by atoms with E-state index in [0.717, 1.165) is 0 Å². The molecule has 2 heterocycles.